The predicted molar refractivity (Wildman–Crippen MR) is 141 cm³/mol. The van der Waals surface area contributed by atoms with Crippen molar-refractivity contribution in [2.45, 2.75) is 102 Å². The highest BCUT2D eigenvalue weighted by Crippen LogP contribution is 2.33. The van der Waals surface area contributed by atoms with Crippen LogP contribution in [0.3, 0.4) is 0 Å². The van der Waals surface area contributed by atoms with Gasteiger partial charge in [0.2, 0.25) is 0 Å². The molecule has 34 heavy (non-hydrogen) atoms. The number of piperidine rings is 2. The normalized spacial score (nSPS) is 24.6. The second kappa shape index (κ2) is 12.1. The smallest absolute Gasteiger partial charge is 0.137 e. The maximum Gasteiger partial charge on any atom is 0.137 e. The minimum absolute atomic E-state index is 0.0824. The number of aliphatic hydroxyl groups excluding tert-OH is 1. The zero-order valence-electron chi connectivity index (χ0n) is 21.6. The molecule has 2 saturated heterocycles. The van der Waals surface area contributed by atoms with Crippen molar-refractivity contribution in [1.82, 2.24) is 9.80 Å². The molecule has 186 valence electrons. The zero-order valence-corrected chi connectivity index (χ0v) is 21.6. The van der Waals surface area contributed by atoms with E-state index in [2.05, 4.69) is 86.0 Å². The van der Waals surface area contributed by atoms with Gasteiger partial charge >= 0.3 is 0 Å². The van der Waals surface area contributed by atoms with Crippen LogP contribution in [0.1, 0.15) is 77.3 Å². The van der Waals surface area contributed by atoms with Crippen molar-refractivity contribution in [3.05, 3.63) is 71.8 Å². The Morgan fingerprint density at radius 3 is 1.76 bits per heavy atom. The molecule has 2 aliphatic heterocycles. The number of hydrogen-bond donors (Lipinski definition) is 1. The second-order valence-electron chi connectivity index (χ2n) is 11.2. The van der Waals surface area contributed by atoms with Crippen molar-refractivity contribution >= 4 is 6.29 Å². The molecule has 2 aromatic carbocycles. The standard InChI is InChI=1S/C15H23NO.C15H21NO/c2*1-15(2)10-6-9-14(12-17)16(15)11-13-7-4-3-5-8-13/h3-5,7-8,14,17H,6,9-12H2,1-2H3;3-5,7-8,12,14H,6,9-11H2,1-2H3/t2*14-/m11/s1. The van der Waals surface area contributed by atoms with E-state index < -0.39 is 0 Å². The van der Waals surface area contributed by atoms with Gasteiger partial charge in [0, 0.05) is 30.2 Å². The van der Waals surface area contributed by atoms with E-state index in [0.29, 0.717) is 6.04 Å². The quantitative estimate of drug-likeness (QED) is 0.546. The molecule has 0 amide bonds. The summed E-state index contributed by atoms with van der Waals surface area (Å²) in [6.07, 6.45) is 8.00. The summed E-state index contributed by atoms with van der Waals surface area (Å²) in [5, 5.41) is 9.53. The molecule has 0 spiro atoms. The molecule has 0 bridgehead atoms. The van der Waals surface area contributed by atoms with Crippen LogP contribution in [-0.2, 0) is 17.9 Å². The van der Waals surface area contributed by atoms with Gasteiger partial charge in [-0.1, -0.05) is 60.7 Å². The molecule has 0 saturated carbocycles. The minimum atomic E-state index is 0.0824. The summed E-state index contributed by atoms with van der Waals surface area (Å²) < 4.78 is 0. The van der Waals surface area contributed by atoms with Gasteiger partial charge in [-0.25, -0.2) is 0 Å². The number of carbonyl (C=O) groups is 1. The molecular formula is C30H44N2O2. The summed E-state index contributed by atoms with van der Waals surface area (Å²) in [6.45, 7) is 11.2. The zero-order chi connectivity index (χ0) is 24.6. The van der Waals surface area contributed by atoms with Crippen LogP contribution in [0.25, 0.3) is 0 Å². The molecule has 2 aliphatic rings. The Morgan fingerprint density at radius 1 is 0.794 bits per heavy atom. The number of aliphatic hydroxyl groups is 1. The first-order valence-electron chi connectivity index (χ1n) is 12.9. The fourth-order valence-corrected chi connectivity index (χ4v) is 5.62. The van der Waals surface area contributed by atoms with E-state index >= 15 is 0 Å². The molecule has 0 radical (unpaired) electrons. The van der Waals surface area contributed by atoms with Crippen LogP contribution in [-0.4, -0.2) is 51.0 Å². The van der Waals surface area contributed by atoms with E-state index in [1.807, 2.05) is 12.1 Å². The summed E-state index contributed by atoms with van der Waals surface area (Å²) in [5.41, 5.74) is 2.94. The van der Waals surface area contributed by atoms with E-state index in [1.54, 1.807) is 0 Å². The van der Waals surface area contributed by atoms with E-state index in [-0.39, 0.29) is 23.7 Å². The number of rotatable bonds is 6. The van der Waals surface area contributed by atoms with E-state index in [0.717, 1.165) is 38.6 Å². The molecule has 2 fully saturated rings. The van der Waals surface area contributed by atoms with Crippen LogP contribution in [0.2, 0.25) is 0 Å². The lowest BCUT2D eigenvalue weighted by atomic mass is 9.86. The van der Waals surface area contributed by atoms with Crippen molar-refractivity contribution in [1.29, 1.82) is 0 Å². The van der Waals surface area contributed by atoms with Gasteiger partial charge in [-0.3, -0.25) is 9.80 Å². The highest BCUT2D eigenvalue weighted by atomic mass is 16.3. The number of nitrogens with zero attached hydrogens (tertiary/aromatic N) is 2. The Kier molecular flexibility index (Phi) is 9.47. The first-order chi connectivity index (χ1) is 16.3. The lowest BCUT2D eigenvalue weighted by molar-refractivity contribution is -0.117. The van der Waals surface area contributed by atoms with Crippen LogP contribution >= 0.6 is 0 Å². The third-order valence-corrected chi connectivity index (χ3v) is 7.77. The summed E-state index contributed by atoms with van der Waals surface area (Å²) >= 11 is 0. The first-order valence-corrected chi connectivity index (χ1v) is 12.9. The van der Waals surface area contributed by atoms with Crippen molar-refractivity contribution in [2.24, 2.45) is 0 Å². The van der Waals surface area contributed by atoms with Crippen LogP contribution < -0.4 is 0 Å². The topological polar surface area (TPSA) is 43.8 Å². The summed E-state index contributed by atoms with van der Waals surface area (Å²) in [4.78, 5) is 16.0. The summed E-state index contributed by atoms with van der Waals surface area (Å²) in [6, 6.07) is 21.4. The van der Waals surface area contributed by atoms with Crippen molar-refractivity contribution in [2.75, 3.05) is 6.61 Å². The highest BCUT2D eigenvalue weighted by Gasteiger charge is 2.36. The SMILES string of the molecule is CC1(C)CCC[C@H](C=O)N1Cc1ccccc1.CC1(C)CCC[C@H](CO)N1Cc1ccccc1. The molecule has 4 rings (SSSR count). The monoisotopic (exact) mass is 464 g/mol. The van der Waals surface area contributed by atoms with Gasteiger partial charge in [-0.2, -0.15) is 0 Å². The molecule has 1 N–H and O–H groups in total. The number of hydrogen-bond acceptors (Lipinski definition) is 4. The minimum Gasteiger partial charge on any atom is -0.395 e. The Labute approximate surface area is 207 Å². The van der Waals surface area contributed by atoms with E-state index in [1.165, 1.54) is 30.4 Å². The Balaban J connectivity index is 0.000000191. The molecule has 2 aromatic rings. The van der Waals surface area contributed by atoms with E-state index in [9.17, 15) is 9.90 Å². The predicted octanol–water partition coefficient (Wildman–Crippen LogP) is 5.83. The summed E-state index contributed by atoms with van der Waals surface area (Å²) in [7, 11) is 0. The maximum absolute atomic E-state index is 11.2. The van der Waals surface area contributed by atoms with Crippen molar-refractivity contribution < 1.29 is 9.90 Å². The fourth-order valence-electron chi connectivity index (χ4n) is 5.62. The Hall–Kier alpha value is -2.01. The molecule has 0 aliphatic carbocycles. The van der Waals surface area contributed by atoms with Crippen LogP contribution in [0.4, 0.5) is 0 Å². The second-order valence-corrected chi connectivity index (χ2v) is 11.2. The Bertz CT molecular complexity index is 866. The lowest BCUT2D eigenvalue weighted by Gasteiger charge is -2.47. The van der Waals surface area contributed by atoms with Crippen molar-refractivity contribution in [3.63, 3.8) is 0 Å². The maximum atomic E-state index is 11.2. The molecule has 0 unspecified atom stereocenters. The van der Waals surface area contributed by atoms with Gasteiger partial charge in [0.05, 0.1) is 12.6 Å². The molecule has 4 nitrogen and oxygen atoms in total. The average molecular weight is 465 g/mol. The number of likely N-dealkylation sites (tertiary alicyclic amines) is 2. The lowest BCUT2D eigenvalue weighted by Crippen LogP contribution is -2.53. The van der Waals surface area contributed by atoms with Crippen LogP contribution in [0, 0.1) is 0 Å². The fraction of sp³-hybridized carbons (Fsp3) is 0.567. The highest BCUT2D eigenvalue weighted by molar-refractivity contribution is 5.58. The third-order valence-electron chi connectivity index (χ3n) is 7.77. The molecule has 2 heterocycles. The van der Waals surface area contributed by atoms with Crippen LogP contribution in [0.15, 0.2) is 60.7 Å². The molecule has 2 atom stereocenters. The van der Waals surface area contributed by atoms with Gasteiger partial charge in [0.25, 0.3) is 0 Å². The van der Waals surface area contributed by atoms with Gasteiger partial charge in [-0.15, -0.1) is 0 Å². The average Bonchev–Trinajstić information content (AvgIpc) is 2.83. The van der Waals surface area contributed by atoms with E-state index in [4.69, 9.17) is 0 Å². The molecular weight excluding hydrogens is 420 g/mol. The van der Waals surface area contributed by atoms with Gasteiger partial charge in [0.1, 0.15) is 6.29 Å². The summed E-state index contributed by atoms with van der Waals surface area (Å²) in [5.74, 6) is 0. The Morgan fingerprint density at radius 2 is 1.26 bits per heavy atom. The van der Waals surface area contributed by atoms with Gasteiger partial charge < -0.3 is 9.90 Å². The number of benzene rings is 2. The number of carbonyl (C=O) groups excluding carboxylic acids is 1. The first kappa shape index (κ1) is 26.6. The molecule has 4 heteroatoms. The van der Waals surface area contributed by atoms with Gasteiger partial charge in [-0.05, 0) is 77.3 Å². The third kappa shape index (κ3) is 7.00. The number of aldehydes is 1. The largest absolute Gasteiger partial charge is 0.395 e. The van der Waals surface area contributed by atoms with Crippen molar-refractivity contribution in [3.8, 4) is 0 Å². The molecule has 0 aromatic heterocycles. The van der Waals surface area contributed by atoms with Crippen LogP contribution in [0.5, 0.6) is 0 Å². The van der Waals surface area contributed by atoms with Gasteiger partial charge in [0.15, 0.2) is 0 Å².